The predicted octanol–water partition coefficient (Wildman–Crippen LogP) is 12.1. The van der Waals surface area contributed by atoms with E-state index in [4.69, 9.17) is 0 Å². The fraction of sp³-hybridized carbons (Fsp3) is 0.0732. The van der Waals surface area contributed by atoms with Gasteiger partial charge in [-0.05, 0) is 87.6 Å². The fourth-order valence-corrected chi connectivity index (χ4v) is 9.16. The van der Waals surface area contributed by atoms with Gasteiger partial charge in [0.2, 0.25) is 0 Å². The molecule has 44 heavy (non-hydrogen) atoms. The van der Waals surface area contributed by atoms with Crippen LogP contribution in [0, 0.1) is 0 Å². The molecule has 1 N–H and O–H groups in total. The van der Waals surface area contributed by atoms with Gasteiger partial charge in [-0.3, -0.25) is 0 Å². The van der Waals surface area contributed by atoms with Gasteiger partial charge in [-0.15, -0.1) is 11.3 Å². The summed E-state index contributed by atoms with van der Waals surface area (Å²) in [5.41, 5.74) is 11.3. The van der Waals surface area contributed by atoms with E-state index in [9.17, 15) is 0 Å². The second-order valence-corrected chi connectivity index (χ2v) is 13.7. The van der Waals surface area contributed by atoms with Crippen LogP contribution in [-0.4, -0.2) is 4.98 Å². The Kier molecular flexibility index (Phi) is 4.70. The van der Waals surface area contributed by atoms with Crippen molar-refractivity contribution in [3.63, 3.8) is 0 Å². The SMILES string of the molecule is CC1(C)c2ccc(N(c3ccccc3)c3ccccc3)cc2-c2cc3ccc4cc5c6ccccc6sc5c5[nH]c(c21)c3c45. The average Bonchev–Trinajstić information content (AvgIpc) is 3.70. The smallest absolute Gasteiger partial charge is 0.0652 e. The topological polar surface area (TPSA) is 19.0 Å². The first-order valence-corrected chi connectivity index (χ1v) is 16.1. The Morgan fingerprint density at radius 2 is 1.23 bits per heavy atom. The molecule has 0 saturated carbocycles. The molecular weight excluding hydrogens is 553 g/mol. The Labute approximate surface area is 259 Å². The fourth-order valence-electron chi connectivity index (χ4n) is 7.97. The number of nitrogens with zero attached hydrogens (tertiary/aromatic N) is 1. The summed E-state index contributed by atoms with van der Waals surface area (Å²) in [6, 6.07) is 46.8. The van der Waals surface area contributed by atoms with Crippen LogP contribution in [-0.2, 0) is 5.41 Å². The lowest BCUT2D eigenvalue weighted by atomic mass is 9.81. The minimum absolute atomic E-state index is 0.145. The maximum absolute atomic E-state index is 4.04. The molecule has 10 rings (SSSR count). The summed E-state index contributed by atoms with van der Waals surface area (Å²) in [4.78, 5) is 6.41. The molecule has 7 aromatic carbocycles. The standard InChI is InChI=1S/C41H28N2S/c1-41(2)33-20-19-28(43(26-11-5-3-6-12-26)27-13-7-4-8-14-27)23-30(33)31-21-24-17-18-25-22-32-29-15-9-10-16-34(29)44-40(32)39-36(25)35(24)38(42-39)37(31)41/h3-23,42H,1-2H3. The molecule has 9 aromatic rings. The molecule has 2 heterocycles. The predicted molar refractivity (Wildman–Crippen MR) is 190 cm³/mol. The molecule has 1 aliphatic rings. The van der Waals surface area contributed by atoms with Crippen molar-refractivity contribution in [2.45, 2.75) is 19.3 Å². The first-order chi connectivity index (χ1) is 21.6. The third kappa shape index (κ3) is 3.09. The van der Waals surface area contributed by atoms with E-state index < -0.39 is 0 Å². The summed E-state index contributed by atoms with van der Waals surface area (Å²) in [7, 11) is 0. The van der Waals surface area contributed by atoms with Crippen LogP contribution >= 0.6 is 11.3 Å². The van der Waals surface area contributed by atoms with Crippen molar-refractivity contribution in [1.82, 2.24) is 4.98 Å². The van der Waals surface area contributed by atoms with Crippen molar-refractivity contribution in [2.75, 3.05) is 4.90 Å². The number of rotatable bonds is 3. The number of aromatic nitrogens is 1. The van der Waals surface area contributed by atoms with Crippen LogP contribution in [0.1, 0.15) is 25.0 Å². The number of thiophene rings is 1. The number of hydrogen-bond acceptors (Lipinski definition) is 2. The molecule has 0 amide bonds. The van der Waals surface area contributed by atoms with Gasteiger partial charge >= 0.3 is 0 Å². The summed E-state index contributed by atoms with van der Waals surface area (Å²) < 4.78 is 2.70. The van der Waals surface area contributed by atoms with Crippen molar-refractivity contribution < 1.29 is 0 Å². The van der Waals surface area contributed by atoms with Crippen LogP contribution in [0.15, 0.2) is 127 Å². The number of nitrogens with one attached hydrogen (secondary N) is 1. The van der Waals surface area contributed by atoms with Gasteiger partial charge in [-0.2, -0.15) is 0 Å². The van der Waals surface area contributed by atoms with Crippen LogP contribution in [0.3, 0.4) is 0 Å². The minimum Gasteiger partial charge on any atom is -0.353 e. The minimum atomic E-state index is -0.145. The van der Waals surface area contributed by atoms with E-state index in [0.717, 1.165) is 11.4 Å². The van der Waals surface area contributed by atoms with E-state index in [-0.39, 0.29) is 5.41 Å². The number of para-hydroxylation sites is 2. The Balaban J connectivity index is 1.26. The third-order valence-corrected chi connectivity index (χ3v) is 11.1. The first-order valence-electron chi connectivity index (χ1n) is 15.3. The van der Waals surface area contributed by atoms with Gasteiger partial charge in [0.05, 0.1) is 15.7 Å². The second-order valence-electron chi connectivity index (χ2n) is 12.6. The zero-order chi connectivity index (χ0) is 29.2. The van der Waals surface area contributed by atoms with Crippen LogP contribution in [0.5, 0.6) is 0 Å². The monoisotopic (exact) mass is 580 g/mol. The van der Waals surface area contributed by atoms with E-state index in [1.807, 2.05) is 11.3 Å². The van der Waals surface area contributed by atoms with E-state index in [2.05, 4.69) is 151 Å². The van der Waals surface area contributed by atoms with Gasteiger partial charge in [0.25, 0.3) is 0 Å². The van der Waals surface area contributed by atoms with E-state index >= 15 is 0 Å². The number of anilines is 3. The van der Waals surface area contributed by atoms with Crippen LogP contribution in [0.25, 0.3) is 63.9 Å². The van der Waals surface area contributed by atoms with Gasteiger partial charge in [0.15, 0.2) is 0 Å². The highest BCUT2D eigenvalue weighted by Crippen LogP contribution is 2.55. The van der Waals surface area contributed by atoms with E-state index in [1.54, 1.807) is 0 Å². The van der Waals surface area contributed by atoms with E-state index in [1.165, 1.54) is 80.7 Å². The molecule has 0 bridgehead atoms. The van der Waals surface area contributed by atoms with Crippen molar-refractivity contribution in [2.24, 2.45) is 0 Å². The quantitative estimate of drug-likeness (QED) is 0.206. The maximum Gasteiger partial charge on any atom is 0.0652 e. The van der Waals surface area contributed by atoms with Crippen LogP contribution < -0.4 is 4.90 Å². The zero-order valence-electron chi connectivity index (χ0n) is 24.5. The van der Waals surface area contributed by atoms with Gasteiger partial charge < -0.3 is 9.88 Å². The number of H-pyrrole nitrogens is 1. The lowest BCUT2D eigenvalue weighted by molar-refractivity contribution is 0.665. The molecule has 208 valence electrons. The molecule has 3 heteroatoms. The highest BCUT2D eigenvalue weighted by molar-refractivity contribution is 7.26. The Morgan fingerprint density at radius 3 is 1.98 bits per heavy atom. The Bertz CT molecular complexity index is 2530. The molecule has 0 unspecified atom stereocenters. The molecule has 2 aromatic heterocycles. The Morgan fingerprint density at radius 1 is 0.568 bits per heavy atom. The van der Waals surface area contributed by atoms with E-state index in [0.29, 0.717) is 0 Å². The summed E-state index contributed by atoms with van der Waals surface area (Å²) >= 11 is 1.91. The zero-order valence-corrected chi connectivity index (χ0v) is 25.3. The molecule has 0 radical (unpaired) electrons. The number of fused-ring (bicyclic) bond motifs is 8. The van der Waals surface area contributed by atoms with Gasteiger partial charge in [-0.1, -0.05) is 86.6 Å². The van der Waals surface area contributed by atoms with Gasteiger partial charge in [-0.25, -0.2) is 0 Å². The highest BCUT2D eigenvalue weighted by Gasteiger charge is 2.39. The molecule has 0 aliphatic heterocycles. The first kappa shape index (κ1) is 24.3. The average molecular weight is 581 g/mol. The molecule has 0 atom stereocenters. The van der Waals surface area contributed by atoms with Gasteiger partial charge in [0.1, 0.15) is 0 Å². The summed E-state index contributed by atoms with van der Waals surface area (Å²) in [5.74, 6) is 0. The van der Waals surface area contributed by atoms with Crippen LogP contribution in [0.2, 0.25) is 0 Å². The summed E-state index contributed by atoms with van der Waals surface area (Å²) in [6.07, 6.45) is 0. The second kappa shape index (κ2) is 8.49. The summed E-state index contributed by atoms with van der Waals surface area (Å²) in [6.45, 7) is 4.79. The lowest BCUT2D eigenvalue weighted by Gasteiger charge is -2.27. The number of hydrogen-bond donors (Lipinski definition) is 1. The Hall–Kier alpha value is -5.12. The maximum atomic E-state index is 4.04. The van der Waals surface area contributed by atoms with Crippen molar-refractivity contribution >= 4 is 81.1 Å². The molecule has 0 saturated heterocycles. The highest BCUT2D eigenvalue weighted by atomic mass is 32.1. The molecule has 1 aliphatic carbocycles. The molecule has 0 spiro atoms. The number of aromatic amines is 1. The van der Waals surface area contributed by atoms with Crippen LogP contribution in [0.4, 0.5) is 17.1 Å². The molecule has 0 fully saturated rings. The normalized spacial score (nSPS) is 13.9. The van der Waals surface area contributed by atoms with Crippen molar-refractivity contribution in [1.29, 1.82) is 0 Å². The van der Waals surface area contributed by atoms with Gasteiger partial charge in [0, 0.05) is 48.7 Å². The molecular formula is C41H28N2S. The van der Waals surface area contributed by atoms with Crippen molar-refractivity contribution in [3.8, 4) is 11.1 Å². The third-order valence-electron chi connectivity index (χ3n) is 9.88. The van der Waals surface area contributed by atoms with Crippen molar-refractivity contribution in [3.05, 3.63) is 139 Å². The number of benzene rings is 7. The summed E-state index contributed by atoms with van der Waals surface area (Å²) in [5, 5.41) is 8.04. The lowest BCUT2D eigenvalue weighted by Crippen LogP contribution is -2.16. The molecule has 2 nitrogen and oxygen atoms in total. The largest absolute Gasteiger partial charge is 0.353 e.